The van der Waals surface area contributed by atoms with Crippen molar-refractivity contribution in [3.05, 3.63) is 63.0 Å². The quantitative estimate of drug-likeness (QED) is 0.333. The second-order valence-corrected chi connectivity index (χ2v) is 5.25. The molecule has 2 rings (SSSR count). The van der Waals surface area contributed by atoms with Gasteiger partial charge in [-0.1, -0.05) is 12.1 Å². The van der Waals surface area contributed by atoms with Gasteiger partial charge in [-0.3, -0.25) is 14.9 Å². The van der Waals surface area contributed by atoms with Gasteiger partial charge in [0.15, 0.2) is 4.67 Å². The van der Waals surface area contributed by atoms with Crippen LogP contribution in [0.2, 0.25) is 0 Å². The van der Waals surface area contributed by atoms with Crippen LogP contribution in [0.25, 0.3) is 6.08 Å². The van der Waals surface area contributed by atoms with E-state index in [2.05, 4.69) is 26.6 Å². The Balaban J connectivity index is 1.76. The number of hydrogen-bond donors (Lipinski definition) is 2. The monoisotopic (exact) mass is 379 g/mol. The second kappa shape index (κ2) is 8.14. The van der Waals surface area contributed by atoms with Gasteiger partial charge >= 0.3 is 0 Å². The molecule has 0 fully saturated rings. The van der Waals surface area contributed by atoms with Crippen LogP contribution in [0.3, 0.4) is 0 Å². The van der Waals surface area contributed by atoms with Gasteiger partial charge in [0.1, 0.15) is 11.4 Å². The van der Waals surface area contributed by atoms with Crippen LogP contribution in [0.15, 0.2) is 51.6 Å². The molecule has 23 heavy (non-hydrogen) atoms. The number of para-hydroxylation sites is 2. The van der Waals surface area contributed by atoms with Crippen LogP contribution >= 0.6 is 15.9 Å². The van der Waals surface area contributed by atoms with Crippen molar-refractivity contribution in [2.45, 2.75) is 0 Å². The third kappa shape index (κ3) is 5.26. The molecule has 0 aliphatic carbocycles. The number of nitro benzene ring substituents is 1. The van der Waals surface area contributed by atoms with Crippen LogP contribution < -0.4 is 10.6 Å². The molecule has 2 N–H and O–H groups in total. The predicted molar refractivity (Wildman–Crippen MR) is 90.0 cm³/mol. The van der Waals surface area contributed by atoms with Crippen molar-refractivity contribution in [3.63, 3.8) is 0 Å². The van der Waals surface area contributed by atoms with Crippen molar-refractivity contribution < 1.29 is 14.1 Å². The smallest absolute Gasteiger partial charge is 0.292 e. The lowest BCUT2D eigenvalue weighted by Gasteiger charge is -2.07. The maximum Gasteiger partial charge on any atom is 0.292 e. The first-order chi connectivity index (χ1) is 11.1. The molecule has 0 atom stereocenters. The standard InChI is InChI=1S/C15H14BrN3O4/c16-14-7-5-11(23-14)6-8-15(20)18-10-9-17-12-3-1-2-4-13(12)19(21)22/h1-8,17H,9-10H2,(H,18,20)/b8-6+. The topological polar surface area (TPSA) is 97.4 Å². The van der Waals surface area contributed by atoms with E-state index in [4.69, 9.17) is 4.42 Å². The highest BCUT2D eigenvalue weighted by atomic mass is 79.9. The number of halogens is 1. The molecule has 2 aromatic rings. The highest BCUT2D eigenvalue weighted by Gasteiger charge is 2.11. The maximum atomic E-state index is 11.6. The molecule has 120 valence electrons. The van der Waals surface area contributed by atoms with Gasteiger partial charge in [0.2, 0.25) is 5.91 Å². The number of anilines is 1. The summed E-state index contributed by atoms with van der Waals surface area (Å²) >= 11 is 3.17. The van der Waals surface area contributed by atoms with E-state index in [-0.39, 0.29) is 11.6 Å². The van der Waals surface area contributed by atoms with Gasteiger partial charge in [0, 0.05) is 25.2 Å². The highest BCUT2D eigenvalue weighted by molar-refractivity contribution is 9.10. The average molecular weight is 380 g/mol. The van der Waals surface area contributed by atoms with Crippen molar-refractivity contribution in [3.8, 4) is 0 Å². The predicted octanol–water partition coefficient (Wildman–Crippen LogP) is 3.19. The average Bonchev–Trinajstić information content (AvgIpc) is 2.95. The molecule has 8 heteroatoms. The van der Waals surface area contributed by atoms with E-state index >= 15 is 0 Å². The third-order valence-corrected chi connectivity index (χ3v) is 3.26. The molecule has 1 amide bonds. The Morgan fingerprint density at radius 1 is 1.26 bits per heavy atom. The van der Waals surface area contributed by atoms with Crippen LogP contribution in [-0.4, -0.2) is 23.9 Å². The second-order valence-electron chi connectivity index (χ2n) is 4.47. The first-order valence-corrected chi connectivity index (χ1v) is 7.54. The Bertz CT molecular complexity index is 727. The molecular weight excluding hydrogens is 366 g/mol. The molecule has 1 aromatic carbocycles. The maximum absolute atomic E-state index is 11.6. The molecular formula is C15H14BrN3O4. The van der Waals surface area contributed by atoms with Gasteiger partial charge < -0.3 is 15.1 Å². The van der Waals surface area contributed by atoms with Crippen LogP contribution in [0.5, 0.6) is 0 Å². The highest BCUT2D eigenvalue weighted by Crippen LogP contribution is 2.22. The first kappa shape index (κ1) is 16.8. The van der Waals surface area contributed by atoms with E-state index < -0.39 is 4.92 Å². The fourth-order valence-corrected chi connectivity index (χ4v) is 2.12. The summed E-state index contributed by atoms with van der Waals surface area (Å²) in [6.07, 6.45) is 2.91. The fourth-order valence-electron chi connectivity index (χ4n) is 1.80. The Hall–Kier alpha value is -2.61. The van der Waals surface area contributed by atoms with Gasteiger partial charge in [0.05, 0.1) is 4.92 Å². The minimum atomic E-state index is -0.453. The number of furan rings is 1. The fraction of sp³-hybridized carbons (Fsp3) is 0.133. The number of amides is 1. The largest absolute Gasteiger partial charge is 0.450 e. The van der Waals surface area contributed by atoms with Crippen LogP contribution in [-0.2, 0) is 4.79 Å². The summed E-state index contributed by atoms with van der Waals surface area (Å²) in [6, 6.07) is 9.80. The molecule has 0 spiro atoms. The summed E-state index contributed by atoms with van der Waals surface area (Å²) in [7, 11) is 0. The number of nitro groups is 1. The van der Waals surface area contributed by atoms with Gasteiger partial charge in [-0.25, -0.2) is 0 Å². The molecule has 0 bridgehead atoms. The van der Waals surface area contributed by atoms with E-state index in [1.807, 2.05) is 0 Å². The van der Waals surface area contributed by atoms with Gasteiger partial charge in [0.25, 0.3) is 5.69 Å². The van der Waals surface area contributed by atoms with E-state index in [0.717, 1.165) is 0 Å². The molecule has 1 aromatic heterocycles. The van der Waals surface area contributed by atoms with Crippen molar-refractivity contribution in [1.82, 2.24) is 5.32 Å². The molecule has 0 radical (unpaired) electrons. The van der Waals surface area contributed by atoms with Crippen molar-refractivity contribution in [2.75, 3.05) is 18.4 Å². The molecule has 1 heterocycles. The lowest BCUT2D eigenvalue weighted by molar-refractivity contribution is -0.384. The van der Waals surface area contributed by atoms with E-state index in [1.54, 1.807) is 36.4 Å². The zero-order valence-electron chi connectivity index (χ0n) is 12.0. The Labute approximate surface area is 140 Å². The number of nitrogens with zero attached hydrogens (tertiary/aromatic N) is 1. The summed E-state index contributed by atoms with van der Waals surface area (Å²) in [5.74, 6) is 0.284. The van der Waals surface area contributed by atoms with Crippen molar-refractivity contribution in [1.29, 1.82) is 0 Å². The summed E-state index contributed by atoms with van der Waals surface area (Å²) in [5.41, 5.74) is 0.421. The Morgan fingerprint density at radius 2 is 2.04 bits per heavy atom. The molecule has 7 nitrogen and oxygen atoms in total. The van der Waals surface area contributed by atoms with Gasteiger partial charge in [-0.2, -0.15) is 0 Å². The minimum absolute atomic E-state index is 0.00196. The number of carbonyl (C=O) groups excluding carboxylic acids is 1. The van der Waals surface area contributed by atoms with Crippen molar-refractivity contribution in [2.24, 2.45) is 0 Å². The van der Waals surface area contributed by atoms with E-state index in [0.29, 0.717) is 29.2 Å². The Kier molecular flexibility index (Phi) is 5.93. The summed E-state index contributed by atoms with van der Waals surface area (Å²) in [6.45, 7) is 0.702. The van der Waals surface area contributed by atoms with E-state index in [9.17, 15) is 14.9 Å². The molecule has 0 saturated heterocycles. The summed E-state index contributed by atoms with van der Waals surface area (Å²) < 4.78 is 5.82. The lowest BCUT2D eigenvalue weighted by Crippen LogP contribution is -2.27. The zero-order chi connectivity index (χ0) is 16.7. The minimum Gasteiger partial charge on any atom is -0.450 e. The number of hydrogen-bond acceptors (Lipinski definition) is 5. The SMILES string of the molecule is O=C(/C=C/c1ccc(Br)o1)NCCNc1ccccc1[N+](=O)[O-]. The number of rotatable bonds is 7. The van der Waals surface area contributed by atoms with Crippen LogP contribution in [0, 0.1) is 10.1 Å². The normalized spacial score (nSPS) is 10.7. The number of carbonyl (C=O) groups is 1. The van der Waals surface area contributed by atoms with Gasteiger partial charge in [-0.05, 0) is 40.2 Å². The third-order valence-electron chi connectivity index (χ3n) is 2.83. The Morgan fingerprint density at radius 3 is 2.74 bits per heavy atom. The number of nitrogens with one attached hydrogen (secondary N) is 2. The summed E-state index contributed by atoms with van der Waals surface area (Å²) in [4.78, 5) is 22.0. The van der Waals surface area contributed by atoms with Crippen LogP contribution in [0.4, 0.5) is 11.4 Å². The molecule has 0 aliphatic heterocycles. The molecule has 0 saturated carbocycles. The van der Waals surface area contributed by atoms with Crippen LogP contribution in [0.1, 0.15) is 5.76 Å². The zero-order valence-corrected chi connectivity index (χ0v) is 13.6. The van der Waals surface area contributed by atoms with Gasteiger partial charge in [-0.15, -0.1) is 0 Å². The number of benzene rings is 1. The lowest BCUT2D eigenvalue weighted by atomic mass is 10.2. The molecule has 0 aliphatic rings. The molecule has 0 unspecified atom stereocenters. The van der Waals surface area contributed by atoms with E-state index in [1.165, 1.54) is 12.1 Å². The first-order valence-electron chi connectivity index (χ1n) is 6.75. The van der Waals surface area contributed by atoms with Crippen molar-refractivity contribution >= 4 is 39.3 Å². The summed E-state index contributed by atoms with van der Waals surface area (Å²) in [5, 5.41) is 16.4.